The zero-order chi connectivity index (χ0) is 11.9. The molecule has 96 valence electrons. The number of nitrogens with zero attached hydrogens (tertiary/aromatic N) is 1. The van der Waals surface area contributed by atoms with E-state index in [0.717, 1.165) is 13.1 Å². The van der Waals surface area contributed by atoms with Crippen LogP contribution >= 0.6 is 11.8 Å². The second kappa shape index (κ2) is 7.06. The van der Waals surface area contributed by atoms with Crippen LogP contribution in [0.4, 0.5) is 0 Å². The van der Waals surface area contributed by atoms with Crippen molar-refractivity contribution < 1.29 is 9.52 Å². The molecule has 1 atom stereocenters. The van der Waals surface area contributed by atoms with Crippen molar-refractivity contribution in [1.82, 2.24) is 10.2 Å². The average molecular weight is 256 g/mol. The van der Waals surface area contributed by atoms with Gasteiger partial charge in [-0.25, -0.2) is 0 Å². The molecule has 2 rings (SSSR count). The molecule has 0 spiro atoms. The number of nitrogens with one attached hydrogen (secondary N) is 1. The Bertz CT molecular complexity index is 299. The maximum Gasteiger partial charge on any atom is 0.133 e. The molecule has 0 amide bonds. The summed E-state index contributed by atoms with van der Waals surface area (Å²) in [6.07, 6.45) is 1.05. The summed E-state index contributed by atoms with van der Waals surface area (Å²) in [6, 6.07) is 3.60. The van der Waals surface area contributed by atoms with E-state index in [1.165, 1.54) is 24.6 Å². The minimum absolute atomic E-state index is 0.540. The third kappa shape index (κ3) is 4.35. The van der Waals surface area contributed by atoms with Crippen molar-refractivity contribution in [2.75, 3.05) is 44.2 Å². The van der Waals surface area contributed by atoms with Gasteiger partial charge in [0, 0.05) is 44.2 Å². The molecular weight excluding hydrogens is 236 g/mol. The van der Waals surface area contributed by atoms with Crippen LogP contribution in [0.15, 0.2) is 22.8 Å². The molecule has 1 aliphatic rings. The van der Waals surface area contributed by atoms with Crippen LogP contribution in [0.25, 0.3) is 0 Å². The summed E-state index contributed by atoms with van der Waals surface area (Å²) in [4.78, 5) is 2.46. The highest BCUT2D eigenvalue weighted by Crippen LogP contribution is 2.11. The molecule has 2 heterocycles. The highest BCUT2D eigenvalue weighted by molar-refractivity contribution is 7.99. The first-order valence-corrected chi connectivity index (χ1v) is 7.24. The molecule has 0 aliphatic carbocycles. The zero-order valence-electron chi connectivity index (χ0n) is 9.97. The maximum atomic E-state index is 9.77. The van der Waals surface area contributed by atoms with E-state index in [0.29, 0.717) is 12.3 Å². The van der Waals surface area contributed by atoms with E-state index in [1.807, 2.05) is 11.8 Å². The lowest BCUT2D eigenvalue weighted by molar-refractivity contribution is 0.146. The second-order valence-electron chi connectivity index (χ2n) is 4.19. The van der Waals surface area contributed by atoms with E-state index >= 15 is 0 Å². The predicted octanol–water partition coefficient (Wildman–Crippen LogP) is 0.951. The van der Waals surface area contributed by atoms with Gasteiger partial charge in [0.25, 0.3) is 0 Å². The van der Waals surface area contributed by atoms with Crippen molar-refractivity contribution >= 4 is 11.8 Å². The molecule has 0 radical (unpaired) electrons. The number of aliphatic hydroxyl groups is 1. The summed E-state index contributed by atoms with van der Waals surface area (Å²) in [5.41, 5.74) is 0. The van der Waals surface area contributed by atoms with Crippen LogP contribution in [0.2, 0.25) is 0 Å². The first-order valence-electron chi connectivity index (χ1n) is 6.08. The summed E-state index contributed by atoms with van der Waals surface area (Å²) < 4.78 is 5.14. The van der Waals surface area contributed by atoms with Gasteiger partial charge in [-0.2, -0.15) is 11.8 Å². The van der Waals surface area contributed by atoms with Crippen LogP contribution < -0.4 is 5.32 Å². The summed E-state index contributed by atoms with van der Waals surface area (Å²) >= 11 is 2.03. The molecule has 0 saturated carbocycles. The number of thioether (sulfide) groups is 1. The third-order valence-electron chi connectivity index (χ3n) is 2.92. The molecule has 1 unspecified atom stereocenters. The van der Waals surface area contributed by atoms with E-state index in [-0.39, 0.29) is 0 Å². The van der Waals surface area contributed by atoms with Gasteiger partial charge in [0.2, 0.25) is 0 Å². The predicted molar refractivity (Wildman–Crippen MR) is 70.3 cm³/mol. The van der Waals surface area contributed by atoms with Crippen LogP contribution in [-0.4, -0.2) is 54.2 Å². The summed E-state index contributed by atoms with van der Waals surface area (Å²) in [6.45, 7) is 4.91. The summed E-state index contributed by atoms with van der Waals surface area (Å²) in [7, 11) is 0. The molecule has 0 bridgehead atoms. The smallest absolute Gasteiger partial charge is 0.133 e. The number of rotatable bonds is 6. The molecule has 0 aromatic carbocycles. The SMILES string of the molecule is OC(CNCCN1CCSCC1)c1ccco1. The normalized spacial score (nSPS) is 19.4. The van der Waals surface area contributed by atoms with Gasteiger partial charge in [-0.1, -0.05) is 0 Å². The zero-order valence-corrected chi connectivity index (χ0v) is 10.8. The summed E-state index contributed by atoms with van der Waals surface area (Å²) in [5, 5.41) is 13.0. The quantitative estimate of drug-likeness (QED) is 0.742. The Morgan fingerprint density at radius 3 is 3.00 bits per heavy atom. The Morgan fingerprint density at radius 2 is 2.29 bits per heavy atom. The van der Waals surface area contributed by atoms with E-state index in [9.17, 15) is 5.11 Å². The lowest BCUT2D eigenvalue weighted by Gasteiger charge is -2.26. The minimum Gasteiger partial charge on any atom is -0.467 e. The van der Waals surface area contributed by atoms with Gasteiger partial charge < -0.3 is 19.7 Å². The van der Waals surface area contributed by atoms with E-state index in [4.69, 9.17) is 4.42 Å². The van der Waals surface area contributed by atoms with Crippen LogP contribution in [0, 0.1) is 0 Å². The fourth-order valence-corrected chi connectivity index (χ4v) is 2.86. The molecule has 1 aromatic heterocycles. The monoisotopic (exact) mass is 256 g/mol. The van der Waals surface area contributed by atoms with Crippen LogP contribution in [0.5, 0.6) is 0 Å². The van der Waals surface area contributed by atoms with Gasteiger partial charge in [-0.3, -0.25) is 0 Å². The van der Waals surface area contributed by atoms with Crippen molar-refractivity contribution in [2.24, 2.45) is 0 Å². The molecule has 17 heavy (non-hydrogen) atoms. The second-order valence-corrected chi connectivity index (χ2v) is 5.41. The number of aliphatic hydroxyl groups excluding tert-OH is 1. The Morgan fingerprint density at radius 1 is 1.47 bits per heavy atom. The summed E-state index contributed by atoms with van der Waals surface area (Å²) in [5.74, 6) is 3.12. The standard InChI is InChI=1S/C12H20N2O2S/c15-11(12-2-1-7-16-12)10-13-3-4-14-5-8-17-9-6-14/h1-2,7,11,13,15H,3-6,8-10H2. The highest BCUT2D eigenvalue weighted by Gasteiger charge is 2.11. The fraction of sp³-hybridized carbons (Fsp3) is 0.667. The minimum atomic E-state index is -0.540. The number of furan rings is 1. The van der Waals surface area contributed by atoms with E-state index < -0.39 is 6.10 Å². The van der Waals surface area contributed by atoms with Gasteiger partial charge in [0.05, 0.1) is 6.26 Å². The fourth-order valence-electron chi connectivity index (χ4n) is 1.88. The van der Waals surface area contributed by atoms with Crippen molar-refractivity contribution in [1.29, 1.82) is 0 Å². The molecule has 2 N–H and O–H groups in total. The van der Waals surface area contributed by atoms with Crippen molar-refractivity contribution in [3.05, 3.63) is 24.2 Å². The van der Waals surface area contributed by atoms with E-state index in [1.54, 1.807) is 18.4 Å². The molecular formula is C12H20N2O2S. The Hall–Kier alpha value is -0.490. The lowest BCUT2D eigenvalue weighted by atomic mass is 10.3. The van der Waals surface area contributed by atoms with Gasteiger partial charge in [0.1, 0.15) is 11.9 Å². The molecule has 4 nitrogen and oxygen atoms in total. The Kier molecular flexibility index (Phi) is 5.38. The van der Waals surface area contributed by atoms with Gasteiger partial charge in [0.15, 0.2) is 0 Å². The van der Waals surface area contributed by atoms with Crippen molar-refractivity contribution in [3.63, 3.8) is 0 Å². The molecule has 5 heteroatoms. The molecule has 1 fully saturated rings. The first kappa shape index (κ1) is 13.0. The Balaban J connectivity index is 1.56. The topological polar surface area (TPSA) is 48.6 Å². The Labute approximate surface area is 106 Å². The first-order chi connectivity index (χ1) is 8.36. The van der Waals surface area contributed by atoms with Crippen molar-refractivity contribution in [3.8, 4) is 0 Å². The van der Waals surface area contributed by atoms with Gasteiger partial charge in [-0.15, -0.1) is 0 Å². The van der Waals surface area contributed by atoms with E-state index in [2.05, 4.69) is 10.2 Å². The molecule has 1 aliphatic heterocycles. The maximum absolute atomic E-state index is 9.77. The highest BCUT2D eigenvalue weighted by atomic mass is 32.2. The third-order valence-corrected chi connectivity index (χ3v) is 3.86. The average Bonchev–Trinajstić information content (AvgIpc) is 2.89. The number of hydrogen-bond acceptors (Lipinski definition) is 5. The molecule has 1 saturated heterocycles. The van der Waals surface area contributed by atoms with Gasteiger partial charge >= 0.3 is 0 Å². The molecule has 1 aromatic rings. The lowest BCUT2D eigenvalue weighted by Crippen LogP contribution is -2.38. The van der Waals surface area contributed by atoms with Crippen LogP contribution in [-0.2, 0) is 0 Å². The number of hydrogen-bond donors (Lipinski definition) is 2. The van der Waals surface area contributed by atoms with Crippen molar-refractivity contribution in [2.45, 2.75) is 6.10 Å². The largest absolute Gasteiger partial charge is 0.467 e. The van der Waals surface area contributed by atoms with Crippen LogP contribution in [0.3, 0.4) is 0 Å². The van der Waals surface area contributed by atoms with Crippen LogP contribution in [0.1, 0.15) is 11.9 Å². The van der Waals surface area contributed by atoms with Gasteiger partial charge in [-0.05, 0) is 12.1 Å².